The Bertz CT molecular complexity index is 616. The Morgan fingerprint density at radius 2 is 2.00 bits per heavy atom. The van der Waals surface area contributed by atoms with Crippen molar-refractivity contribution in [3.8, 4) is 0 Å². The SMILES string of the molecule is CCOC(=O)C(Nc1cccc(Br)c1)c1ccc(Cl)cc1. The molecule has 21 heavy (non-hydrogen) atoms. The van der Waals surface area contributed by atoms with E-state index in [1.807, 2.05) is 36.4 Å². The third-order valence-electron chi connectivity index (χ3n) is 2.86. The first-order valence-electron chi connectivity index (χ1n) is 6.54. The van der Waals surface area contributed by atoms with Crippen molar-refractivity contribution in [3.05, 3.63) is 63.6 Å². The van der Waals surface area contributed by atoms with Gasteiger partial charge in [0.1, 0.15) is 0 Å². The van der Waals surface area contributed by atoms with Crippen LogP contribution in [0.5, 0.6) is 0 Å². The minimum Gasteiger partial charge on any atom is -0.464 e. The minimum atomic E-state index is -0.573. The summed E-state index contributed by atoms with van der Waals surface area (Å²) < 4.78 is 6.08. The van der Waals surface area contributed by atoms with E-state index in [-0.39, 0.29) is 5.97 Å². The van der Waals surface area contributed by atoms with Crippen LogP contribution in [-0.2, 0) is 9.53 Å². The number of halogens is 2. The first-order chi connectivity index (χ1) is 10.1. The normalized spacial score (nSPS) is 11.8. The molecule has 1 N–H and O–H groups in total. The number of hydrogen-bond acceptors (Lipinski definition) is 3. The molecule has 1 atom stereocenters. The van der Waals surface area contributed by atoms with Crippen molar-refractivity contribution in [2.45, 2.75) is 13.0 Å². The zero-order valence-electron chi connectivity index (χ0n) is 11.5. The van der Waals surface area contributed by atoms with Crippen LogP contribution in [-0.4, -0.2) is 12.6 Å². The van der Waals surface area contributed by atoms with Crippen LogP contribution in [0, 0.1) is 0 Å². The van der Waals surface area contributed by atoms with E-state index in [9.17, 15) is 4.79 Å². The van der Waals surface area contributed by atoms with Crippen molar-refractivity contribution in [2.75, 3.05) is 11.9 Å². The maximum absolute atomic E-state index is 12.2. The van der Waals surface area contributed by atoms with E-state index in [2.05, 4.69) is 21.2 Å². The highest BCUT2D eigenvalue weighted by Crippen LogP contribution is 2.24. The fraction of sp³-hybridized carbons (Fsp3) is 0.188. The summed E-state index contributed by atoms with van der Waals surface area (Å²) in [6.07, 6.45) is 0. The second kappa shape index (κ2) is 7.48. The van der Waals surface area contributed by atoms with Crippen LogP contribution in [0.15, 0.2) is 53.0 Å². The summed E-state index contributed by atoms with van der Waals surface area (Å²) in [5.41, 5.74) is 1.63. The zero-order valence-corrected chi connectivity index (χ0v) is 13.8. The van der Waals surface area contributed by atoms with Crippen molar-refractivity contribution < 1.29 is 9.53 Å². The summed E-state index contributed by atoms with van der Waals surface area (Å²) in [4.78, 5) is 12.2. The number of carbonyl (C=O) groups excluding carboxylic acids is 1. The van der Waals surface area contributed by atoms with Gasteiger partial charge in [-0.3, -0.25) is 0 Å². The molecule has 0 saturated heterocycles. The number of hydrogen-bond donors (Lipinski definition) is 1. The molecule has 0 fully saturated rings. The topological polar surface area (TPSA) is 38.3 Å². The second-order valence-electron chi connectivity index (χ2n) is 4.39. The Kier molecular flexibility index (Phi) is 5.65. The monoisotopic (exact) mass is 367 g/mol. The maximum atomic E-state index is 12.2. The highest BCUT2D eigenvalue weighted by atomic mass is 79.9. The first kappa shape index (κ1) is 15.9. The molecule has 3 nitrogen and oxygen atoms in total. The summed E-state index contributed by atoms with van der Waals surface area (Å²) in [7, 11) is 0. The third-order valence-corrected chi connectivity index (χ3v) is 3.61. The fourth-order valence-electron chi connectivity index (χ4n) is 1.90. The summed E-state index contributed by atoms with van der Waals surface area (Å²) in [6, 6.07) is 14.2. The van der Waals surface area contributed by atoms with Gasteiger partial charge in [0, 0.05) is 15.2 Å². The molecule has 0 aromatic heterocycles. The molecular weight excluding hydrogens is 354 g/mol. The molecule has 0 bridgehead atoms. The van der Waals surface area contributed by atoms with Gasteiger partial charge in [-0.15, -0.1) is 0 Å². The number of rotatable bonds is 5. The Morgan fingerprint density at radius 3 is 2.62 bits per heavy atom. The van der Waals surface area contributed by atoms with Crippen LogP contribution < -0.4 is 5.32 Å². The van der Waals surface area contributed by atoms with Gasteiger partial charge in [-0.05, 0) is 42.8 Å². The van der Waals surface area contributed by atoms with E-state index in [1.54, 1.807) is 19.1 Å². The number of nitrogens with one attached hydrogen (secondary N) is 1. The van der Waals surface area contributed by atoms with Gasteiger partial charge >= 0.3 is 5.97 Å². The van der Waals surface area contributed by atoms with E-state index >= 15 is 0 Å². The molecule has 2 rings (SSSR count). The van der Waals surface area contributed by atoms with Crippen LogP contribution >= 0.6 is 27.5 Å². The van der Waals surface area contributed by atoms with E-state index in [4.69, 9.17) is 16.3 Å². The van der Waals surface area contributed by atoms with Gasteiger partial charge in [0.2, 0.25) is 0 Å². The summed E-state index contributed by atoms with van der Waals surface area (Å²) >= 11 is 9.31. The predicted octanol–water partition coefficient (Wildman–Crippen LogP) is 4.82. The average molecular weight is 369 g/mol. The standard InChI is InChI=1S/C16H15BrClNO2/c1-2-21-16(20)15(11-6-8-13(18)9-7-11)19-14-5-3-4-12(17)10-14/h3-10,15,19H,2H2,1H3. The molecule has 1 unspecified atom stereocenters. The molecule has 0 amide bonds. The minimum absolute atomic E-state index is 0.320. The molecule has 0 aliphatic heterocycles. The van der Waals surface area contributed by atoms with E-state index in [0.29, 0.717) is 11.6 Å². The van der Waals surface area contributed by atoms with Crippen LogP contribution in [0.2, 0.25) is 5.02 Å². The molecule has 5 heteroatoms. The van der Waals surface area contributed by atoms with E-state index in [0.717, 1.165) is 15.7 Å². The van der Waals surface area contributed by atoms with E-state index < -0.39 is 6.04 Å². The van der Waals surface area contributed by atoms with Gasteiger partial charge in [-0.25, -0.2) is 4.79 Å². The van der Waals surface area contributed by atoms with Gasteiger partial charge in [-0.1, -0.05) is 45.7 Å². The Labute approximate surface area is 137 Å². The van der Waals surface area contributed by atoms with Crippen molar-refractivity contribution in [3.63, 3.8) is 0 Å². The van der Waals surface area contributed by atoms with Crippen LogP contribution in [0.4, 0.5) is 5.69 Å². The number of anilines is 1. The quantitative estimate of drug-likeness (QED) is 0.769. The lowest BCUT2D eigenvalue weighted by Gasteiger charge is -2.19. The van der Waals surface area contributed by atoms with Gasteiger partial charge in [-0.2, -0.15) is 0 Å². The predicted molar refractivity (Wildman–Crippen MR) is 88.6 cm³/mol. The third kappa shape index (κ3) is 4.48. The molecule has 0 spiro atoms. The lowest BCUT2D eigenvalue weighted by molar-refractivity contribution is -0.144. The fourth-order valence-corrected chi connectivity index (χ4v) is 2.43. The zero-order chi connectivity index (χ0) is 15.2. The molecule has 0 heterocycles. The van der Waals surface area contributed by atoms with Crippen molar-refractivity contribution in [2.24, 2.45) is 0 Å². The smallest absolute Gasteiger partial charge is 0.333 e. The van der Waals surface area contributed by atoms with E-state index in [1.165, 1.54) is 0 Å². The lowest BCUT2D eigenvalue weighted by atomic mass is 10.1. The Morgan fingerprint density at radius 1 is 1.29 bits per heavy atom. The van der Waals surface area contributed by atoms with Crippen LogP contribution in [0.3, 0.4) is 0 Å². The number of esters is 1. The Hall–Kier alpha value is -1.52. The van der Waals surface area contributed by atoms with Crippen molar-refractivity contribution >= 4 is 39.2 Å². The molecular formula is C16H15BrClNO2. The maximum Gasteiger partial charge on any atom is 0.333 e. The summed E-state index contributed by atoms with van der Waals surface area (Å²) in [5, 5.41) is 3.82. The molecule has 0 radical (unpaired) electrons. The molecule has 0 saturated carbocycles. The van der Waals surface area contributed by atoms with Crippen LogP contribution in [0.1, 0.15) is 18.5 Å². The summed E-state index contributed by atoms with van der Waals surface area (Å²) in [5.74, 6) is -0.320. The summed E-state index contributed by atoms with van der Waals surface area (Å²) in [6.45, 7) is 2.12. The van der Waals surface area contributed by atoms with Crippen molar-refractivity contribution in [1.29, 1.82) is 0 Å². The number of carbonyl (C=O) groups is 1. The first-order valence-corrected chi connectivity index (χ1v) is 7.71. The lowest BCUT2D eigenvalue weighted by Crippen LogP contribution is -2.23. The van der Waals surface area contributed by atoms with Gasteiger partial charge in [0.15, 0.2) is 6.04 Å². The van der Waals surface area contributed by atoms with Gasteiger partial charge < -0.3 is 10.1 Å². The van der Waals surface area contributed by atoms with Gasteiger partial charge in [0.25, 0.3) is 0 Å². The molecule has 2 aromatic rings. The highest BCUT2D eigenvalue weighted by molar-refractivity contribution is 9.10. The molecule has 2 aromatic carbocycles. The molecule has 0 aliphatic carbocycles. The number of benzene rings is 2. The van der Waals surface area contributed by atoms with Crippen molar-refractivity contribution in [1.82, 2.24) is 0 Å². The molecule has 110 valence electrons. The molecule has 0 aliphatic rings. The highest BCUT2D eigenvalue weighted by Gasteiger charge is 2.21. The second-order valence-corrected chi connectivity index (χ2v) is 5.74. The Balaban J connectivity index is 2.27. The van der Waals surface area contributed by atoms with Gasteiger partial charge in [0.05, 0.1) is 6.61 Å². The number of ether oxygens (including phenoxy) is 1. The largest absolute Gasteiger partial charge is 0.464 e. The average Bonchev–Trinajstić information content (AvgIpc) is 2.46. The van der Waals surface area contributed by atoms with Crippen LogP contribution in [0.25, 0.3) is 0 Å².